The molecular formula is C14H16BrN3O. The highest BCUT2D eigenvalue weighted by molar-refractivity contribution is 9.10. The molecule has 4 nitrogen and oxygen atoms in total. The Morgan fingerprint density at radius 3 is 2.68 bits per heavy atom. The molecule has 5 heteroatoms. The minimum atomic E-state index is 0.663. The van der Waals surface area contributed by atoms with Gasteiger partial charge in [0.2, 0.25) is 0 Å². The summed E-state index contributed by atoms with van der Waals surface area (Å²) < 4.78 is 6.19. The van der Waals surface area contributed by atoms with Crippen LogP contribution in [-0.2, 0) is 6.54 Å². The third kappa shape index (κ3) is 3.10. The number of furan rings is 1. The normalized spacial score (nSPS) is 14.9. The number of rotatable bonds is 4. The molecule has 0 saturated carbocycles. The fourth-order valence-corrected chi connectivity index (χ4v) is 2.60. The van der Waals surface area contributed by atoms with Gasteiger partial charge in [-0.1, -0.05) is 0 Å². The molecule has 1 fully saturated rings. The van der Waals surface area contributed by atoms with E-state index in [0.717, 1.165) is 35.0 Å². The van der Waals surface area contributed by atoms with Crippen LogP contribution in [0.3, 0.4) is 0 Å². The van der Waals surface area contributed by atoms with Crippen LogP contribution in [0.15, 0.2) is 39.5 Å². The summed E-state index contributed by atoms with van der Waals surface area (Å²) in [5, 5.41) is 3.30. The lowest BCUT2D eigenvalue weighted by molar-refractivity contribution is 0.495. The van der Waals surface area contributed by atoms with E-state index in [9.17, 15) is 0 Å². The Morgan fingerprint density at radius 1 is 1.21 bits per heavy atom. The van der Waals surface area contributed by atoms with Crippen LogP contribution in [0.25, 0.3) is 0 Å². The minimum absolute atomic E-state index is 0.663. The molecule has 0 atom stereocenters. The van der Waals surface area contributed by atoms with Gasteiger partial charge in [-0.3, -0.25) is 0 Å². The first-order valence-electron chi connectivity index (χ1n) is 6.50. The van der Waals surface area contributed by atoms with Gasteiger partial charge in [-0.05, 0) is 53.0 Å². The van der Waals surface area contributed by atoms with Crippen LogP contribution in [0.5, 0.6) is 0 Å². The third-order valence-electron chi connectivity index (χ3n) is 3.27. The standard InChI is InChI=1S/C14H16BrN3O/c15-13-5-4-12(19-13)10-16-11-3-6-14(17-9-11)18-7-1-2-8-18/h3-6,9,16H,1-2,7-8,10H2. The number of aromatic nitrogens is 1. The predicted molar refractivity (Wildman–Crippen MR) is 79.4 cm³/mol. The van der Waals surface area contributed by atoms with Gasteiger partial charge < -0.3 is 14.6 Å². The first-order valence-corrected chi connectivity index (χ1v) is 7.30. The molecule has 3 heterocycles. The van der Waals surface area contributed by atoms with E-state index >= 15 is 0 Å². The summed E-state index contributed by atoms with van der Waals surface area (Å²) in [6, 6.07) is 7.99. The molecule has 0 spiro atoms. The van der Waals surface area contributed by atoms with Crippen LogP contribution >= 0.6 is 15.9 Å². The smallest absolute Gasteiger partial charge is 0.169 e. The van der Waals surface area contributed by atoms with E-state index in [-0.39, 0.29) is 0 Å². The van der Waals surface area contributed by atoms with Gasteiger partial charge in [-0.15, -0.1) is 0 Å². The lowest BCUT2D eigenvalue weighted by Gasteiger charge is -2.16. The molecule has 1 aliphatic rings. The molecule has 2 aromatic heterocycles. The summed E-state index contributed by atoms with van der Waals surface area (Å²) in [5.41, 5.74) is 1.01. The van der Waals surface area contributed by atoms with Crippen LogP contribution in [0.2, 0.25) is 0 Å². The van der Waals surface area contributed by atoms with Gasteiger partial charge in [0, 0.05) is 13.1 Å². The fraction of sp³-hybridized carbons (Fsp3) is 0.357. The quantitative estimate of drug-likeness (QED) is 0.933. The Hall–Kier alpha value is -1.49. The summed E-state index contributed by atoms with van der Waals surface area (Å²) in [7, 11) is 0. The highest BCUT2D eigenvalue weighted by Gasteiger charge is 2.12. The fourth-order valence-electron chi connectivity index (χ4n) is 2.26. The lowest BCUT2D eigenvalue weighted by Crippen LogP contribution is -2.18. The topological polar surface area (TPSA) is 41.3 Å². The Labute approximate surface area is 120 Å². The second-order valence-corrected chi connectivity index (χ2v) is 5.44. The number of pyridine rings is 1. The molecule has 0 aliphatic carbocycles. The van der Waals surface area contributed by atoms with E-state index < -0.39 is 0 Å². The van der Waals surface area contributed by atoms with Crippen molar-refractivity contribution in [3.63, 3.8) is 0 Å². The van der Waals surface area contributed by atoms with Crippen LogP contribution in [-0.4, -0.2) is 18.1 Å². The molecule has 0 aromatic carbocycles. The number of hydrogen-bond donors (Lipinski definition) is 1. The van der Waals surface area contributed by atoms with Gasteiger partial charge in [-0.2, -0.15) is 0 Å². The van der Waals surface area contributed by atoms with Crippen LogP contribution < -0.4 is 10.2 Å². The van der Waals surface area contributed by atoms with Gasteiger partial charge in [-0.25, -0.2) is 4.98 Å². The average molecular weight is 322 g/mol. The maximum atomic E-state index is 5.44. The second-order valence-electron chi connectivity index (χ2n) is 4.66. The predicted octanol–water partition coefficient (Wildman–Crippen LogP) is 3.65. The van der Waals surface area contributed by atoms with Gasteiger partial charge >= 0.3 is 0 Å². The SMILES string of the molecule is Brc1ccc(CNc2ccc(N3CCCC3)nc2)o1. The second kappa shape index (κ2) is 5.65. The van der Waals surface area contributed by atoms with E-state index in [1.54, 1.807) is 0 Å². The molecule has 1 aliphatic heterocycles. The van der Waals surface area contributed by atoms with Crippen molar-refractivity contribution in [2.24, 2.45) is 0 Å². The maximum absolute atomic E-state index is 5.44. The molecular weight excluding hydrogens is 306 g/mol. The molecule has 1 saturated heterocycles. The van der Waals surface area contributed by atoms with Crippen molar-refractivity contribution in [1.29, 1.82) is 0 Å². The summed E-state index contributed by atoms with van der Waals surface area (Å²) in [4.78, 5) is 6.83. The van der Waals surface area contributed by atoms with Crippen LogP contribution in [0.4, 0.5) is 11.5 Å². The van der Waals surface area contributed by atoms with E-state index in [1.807, 2.05) is 18.3 Å². The van der Waals surface area contributed by atoms with E-state index in [0.29, 0.717) is 6.54 Å². The number of nitrogens with one attached hydrogen (secondary N) is 1. The first kappa shape index (κ1) is 12.5. The maximum Gasteiger partial charge on any atom is 0.169 e. The molecule has 19 heavy (non-hydrogen) atoms. The lowest BCUT2D eigenvalue weighted by atomic mass is 10.3. The van der Waals surface area contributed by atoms with Crippen molar-refractivity contribution in [3.8, 4) is 0 Å². The van der Waals surface area contributed by atoms with Crippen molar-refractivity contribution < 1.29 is 4.42 Å². The number of hydrogen-bond acceptors (Lipinski definition) is 4. The van der Waals surface area contributed by atoms with E-state index in [1.165, 1.54) is 12.8 Å². The van der Waals surface area contributed by atoms with Crippen molar-refractivity contribution in [2.75, 3.05) is 23.3 Å². The molecule has 0 amide bonds. The molecule has 1 N–H and O–H groups in total. The Bertz CT molecular complexity index is 532. The van der Waals surface area contributed by atoms with Crippen molar-refractivity contribution >= 4 is 27.4 Å². The van der Waals surface area contributed by atoms with E-state index in [2.05, 4.69) is 43.3 Å². The summed E-state index contributed by atoms with van der Waals surface area (Å²) >= 11 is 3.29. The minimum Gasteiger partial charge on any atom is -0.452 e. The summed E-state index contributed by atoms with van der Waals surface area (Å²) in [6.45, 7) is 2.91. The number of anilines is 2. The highest BCUT2D eigenvalue weighted by atomic mass is 79.9. The first-order chi connectivity index (χ1) is 9.31. The molecule has 2 aromatic rings. The highest BCUT2D eigenvalue weighted by Crippen LogP contribution is 2.20. The zero-order chi connectivity index (χ0) is 13.1. The zero-order valence-corrected chi connectivity index (χ0v) is 12.2. The van der Waals surface area contributed by atoms with Gasteiger partial charge in [0.05, 0.1) is 18.4 Å². The number of halogens is 1. The molecule has 100 valence electrons. The van der Waals surface area contributed by atoms with Gasteiger partial charge in [0.1, 0.15) is 11.6 Å². The summed E-state index contributed by atoms with van der Waals surface area (Å²) in [5.74, 6) is 1.97. The monoisotopic (exact) mass is 321 g/mol. The molecule has 0 radical (unpaired) electrons. The van der Waals surface area contributed by atoms with Crippen molar-refractivity contribution in [1.82, 2.24) is 4.98 Å². The summed E-state index contributed by atoms with van der Waals surface area (Å²) in [6.07, 6.45) is 4.43. The molecule has 3 rings (SSSR count). The van der Waals surface area contributed by atoms with Gasteiger partial charge in [0.25, 0.3) is 0 Å². The Balaban J connectivity index is 1.59. The Morgan fingerprint density at radius 2 is 2.05 bits per heavy atom. The molecule has 0 unspecified atom stereocenters. The Kier molecular flexibility index (Phi) is 3.73. The average Bonchev–Trinajstić information content (AvgIpc) is 3.08. The van der Waals surface area contributed by atoms with Crippen molar-refractivity contribution in [3.05, 3.63) is 40.9 Å². The van der Waals surface area contributed by atoms with E-state index in [4.69, 9.17) is 4.42 Å². The largest absolute Gasteiger partial charge is 0.452 e. The van der Waals surface area contributed by atoms with Crippen LogP contribution in [0.1, 0.15) is 18.6 Å². The zero-order valence-electron chi connectivity index (χ0n) is 10.6. The van der Waals surface area contributed by atoms with Crippen LogP contribution in [0, 0.1) is 0 Å². The van der Waals surface area contributed by atoms with Crippen molar-refractivity contribution in [2.45, 2.75) is 19.4 Å². The molecule has 0 bridgehead atoms. The number of nitrogens with zero attached hydrogens (tertiary/aromatic N) is 2. The third-order valence-corrected chi connectivity index (χ3v) is 3.70. The van der Waals surface area contributed by atoms with Gasteiger partial charge in [0.15, 0.2) is 4.67 Å².